The van der Waals surface area contributed by atoms with Gasteiger partial charge in [0.1, 0.15) is 0 Å². The van der Waals surface area contributed by atoms with Crippen LogP contribution in [0.25, 0.3) is 0 Å². The number of hydrogen-bond acceptors (Lipinski definition) is 3. The van der Waals surface area contributed by atoms with E-state index in [9.17, 15) is 9.90 Å². The molecule has 3 atom stereocenters. The molecule has 0 aromatic heterocycles. The molecule has 1 aliphatic heterocycles. The van der Waals surface area contributed by atoms with Gasteiger partial charge in [0.2, 0.25) is 5.91 Å². The summed E-state index contributed by atoms with van der Waals surface area (Å²) in [6, 6.07) is 10.5. The van der Waals surface area contributed by atoms with E-state index >= 15 is 0 Å². The van der Waals surface area contributed by atoms with E-state index in [0.717, 1.165) is 45.1 Å². The first-order valence-corrected chi connectivity index (χ1v) is 9.21. The third-order valence-electron chi connectivity index (χ3n) is 5.83. The number of ether oxygens (including phenoxy) is 1. The van der Waals surface area contributed by atoms with Gasteiger partial charge in [-0.15, -0.1) is 0 Å². The average molecular weight is 331 g/mol. The molecule has 0 unspecified atom stereocenters. The monoisotopic (exact) mass is 331 g/mol. The molecular weight excluding hydrogens is 302 g/mol. The predicted molar refractivity (Wildman–Crippen MR) is 93.7 cm³/mol. The minimum absolute atomic E-state index is 0.0490. The fourth-order valence-corrected chi connectivity index (χ4v) is 4.37. The number of fused-ring (bicyclic) bond motifs is 1. The minimum atomic E-state index is -0.301. The van der Waals surface area contributed by atoms with Crippen molar-refractivity contribution in [2.75, 3.05) is 13.7 Å². The Balaban J connectivity index is 1.50. The summed E-state index contributed by atoms with van der Waals surface area (Å²) in [6.45, 7) is 0.767. The fraction of sp³-hybridized carbons (Fsp3) is 0.650. The van der Waals surface area contributed by atoms with Crippen molar-refractivity contribution in [3.05, 3.63) is 35.9 Å². The van der Waals surface area contributed by atoms with Gasteiger partial charge < -0.3 is 14.7 Å². The summed E-state index contributed by atoms with van der Waals surface area (Å²) in [6.07, 6.45) is 6.46. The Morgan fingerprint density at radius 3 is 2.83 bits per heavy atom. The summed E-state index contributed by atoms with van der Waals surface area (Å²) in [4.78, 5) is 14.6. The molecule has 4 nitrogen and oxygen atoms in total. The summed E-state index contributed by atoms with van der Waals surface area (Å²) in [5.41, 5.74) is 1.11. The Kier molecular flexibility index (Phi) is 5.57. The summed E-state index contributed by atoms with van der Waals surface area (Å²) in [5, 5.41) is 10.0. The lowest BCUT2D eigenvalue weighted by molar-refractivity contribution is -0.139. The molecule has 1 aromatic rings. The molecule has 2 aliphatic rings. The lowest BCUT2D eigenvalue weighted by Crippen LogP contribution is -2.52. The van der Waals surface area contributed by atoms with Crippen molar-refractivity contribution in [3.8, 4) is 0 Å². The Labute approximate surface area is 144 Å². The zero-order valence-electron chi connectivity index (χ0n) is 14.6. The number of unbranched alkanes of at least 4 members (excludes halogenated alkanes) is 1. The predicted octanol–water partition coefficient (Wildman–Crippen LogP) is 2.93. The molecule has 1 amide bonds. The number of methoxy groups -OCH3 is 1. The molecule has 0 radical (unpaired) electrons. The number of aliphatic hydroxyl groups is 1. The van der Waals surface area contributed by atoms with Crippen molar-refractivity contribution >= 4 is 5.91 Å². The van der Waals surface area contributed by atoms with Gasteiger partial charge in [0, 0.05) is 20.1 Å². The van der Waals surface area contributed by atoms with Crippen molar-refractivity contribution in [1.82, 2.24) is 4.90 Å². The Bertz CT molecular complexity index is 547. The first-order chi connectivity index (χ1) is 11.6. The number of nitrogens with zero attached hydrogens (tertiary/aromatic N) is 1. The van der Waals surface area contributed by atoms with Crippen LogP contribution in [0.4, 0.5) is 0 Å². The number of rotatable bonds is 6. The van der Waals surface area contributed by atoms with Crippen molar-refractivity contribution in [3.63, 3.8) is 0 Å². The maximum absolute atomic E-state index is 12.7. The molecule has 24 heavy (non-hydrogen) atoms. The van der Waals surface area contributed by atoms with Crippen LogP contribution in [0.1, 0.15) is 50.5 Å². The maximum atomic E-state index is 12.7. The van der Waals surface area contributed by atoms with E-state index in [-0.39, 0.29) is 23.7 Å². The number of aliphatic hydroxyl groups excluding tert-OH is 1. The minimum Gasteiger partial charge on any atom is -0.393 e. The highest BCUT2D eigenvalue weighted by Crippen LogP contribution is 2.42. The van der Waals surface area contributed by atoms with E-state index in [1.165, 1.54) is 5.56 Å². The average Bonchev–Trinajstić information content (AvgIpc) is 2.99. The van der Waals surface area contributed by atoms with Gasteiger partial charge in [0.25, 0.3) is 0 Å². The fourth-order valence-electron chi connectivity index (χ4n) is 4.37. The third kappa shape index (κ3) is 3.65. The smallest absolute Gasteiger partial charge is 0.222 e. The number of hydrogen-bond donors (Lipinski definition) is 1. The van der Waals surface area contributed by atoms with Crippen molar-refractivity contribution < 1.29 is 14.6 Å². The van der Waals surface area contributed by atoms with Gasteiger partial charge in [-0.3, -0.25) is 4.79 Å². The van der Waals surface area contributed by atoms with Gasteiger partial charge in [-0.1, -0.05) is 30.3 Å². The SMILES string of the molecule is CO[C@@]12CC[C@H](O)C[C@@H]1N(C(=O)CCCCc1ccccc1)CC2. The molecule has 3 rings (SSSR count). The van der Waals surface area contributed by atoms with Gasteiger partial charge in [-0.25, -0.2) is 0 Å². The first-order valence-electron chi connectivity index (χ1n) is 9.21. The van der Waals surface area contributed by atoms with Crippen LogP contribution < -0.4 is 0 Å². The van der Waals surface area contributed by atoms with Crippen LogP contribution in [0.15, 0.2) is 30.3 Å². The molecule has 4 heteroatoms. The summed E-state index contributed by atoms with van der Waals surface area (Å²) < 4.78 is 5.81. The number of likely N-dealkylation sites (tertiary alicyclic amines) is 1. The number of carbonyl (C=O) groups is 1. The van der Waals surface area contributed by atoms with Crippen molar-refractivity contribution in [2.24, 2.45) is 0 Å². The highest BCUT2D eigenvalue weighted by molar-refractivity contribution is 5.77. The van der Waals surface area contributed by atoms with E-state index < -0.39 is 0 Å². The van der Waals surface area contributed by atoms with Crippen molar-refractivity contribution in [2.45, 2.75) is 69.1 Å². The number of aryl methyl sites for hydroxylation is 1. The molecule has 1 N–H and O–H groups in total. The van der Waals surface area contributed by atoms with Crippen LogP contribution in [0, 0.1) is 0 Å². The van der Waals surface area contributed by atoms with Gasteiger partial charge >= 0.3 is 0 Å². The second-order valence-electron chi connectivity index (χ2n) is 7.24. The quantitative estimate of drug-likeness (QED) is 0.816. The normalized spacial score (nSPS) is 29.5. The van der Waals surface area contributed by atoms with Gasteiger partial charge in [-0.2, -0.15) is 0 Å². The number of carbonyl (C=O) groups excluding carboxylic acids is 1. The Morgan fingerprint density at radius 1 is 1.29 bits per heavy atom. The van der Waals surface area contributed by atoms with Gasteiger partial charge in [0.15, 0.2) is 0 Å². The van der Waals surface area contributed by atoms with Crippen molar-refractivity contribution in [1.29, 1.82) is 0 Å². The molecule has 1 aliphatic carbocycles. The molecule has 0 spiro atoms. The topological polar surface area (TPSA) is 49.8 Å². The van der Waals surface area contributed by atoms with E-state index in [4.69, 9.17) is 4.74 Å². The van der Waals surface area contributed by atoms with E-state index in [0.29, 0.717) is 12.8 Å². The standard InChI is InChI=1S/C20H29NO3/c1-24-20-12-11-17(22)15-18(20)21(14-13-20)19(23)10-6-5-9-16-7-3-2-4-8-16/h2-4,7-8,17-18,22H,5-6,9-15H2,1H3/t17-,18-,20+/m0/s1. The van der Waals surface area contributed by atoms with E-state index in [2.05, 4.69) is 24.3 Å². The lowest BCUT2D eigenvalue weighted by Gasteiger charge is -2.42. The second-order valence-corrected chi connectivity index (χ2v) is 7.24. The maximum Gasteiger partial charge on any atom is 0.222 e. The molecular formula is C20H29NO3. The van der Waals surface area contributed by atoms with Crippen LogP contribution >= 0.6 is 0 Å². The summed E-state index contributed by atoms with van der Waals surface area (Å²) >= 11 is 0. The highest BCUT2D eigenvalue weighted by atomic mass is 16.5. The van der Waals surface area contributed by atoms with E-state index in [1.807, 2.05) is 11.0 Å². The summed E-state index contributed by atoms with van der Waals surface area (Å²) in [5.74, 6) is 0.223. The molecule has 0 bridgehead atoms. The van der Waals surface area contributed by atoms with E-state index in [1.54, 1.807) is 7.11 Å². The third-order valence-corrected chi connectivity index (χ3v) is 5.83. The molecule has 1 saturated carbocycles. The Morgan fingerprint density at radius 2 is 2.08 bits per heavy atom. The molecule has 1 heterocycles. The number of benzene rings is 1. The Hall–Kier alpha value is -1.39. The van der Waals surface area contributed by atoms with Crippen LogP contribution in [0.5, 0.6) is 0 Å². The zero-order chi connectivity index (χ0) is 17.0. The van der Waals surface area contributed by atoms with Crippen LogP contribution in [0.3, 0.4) is 0 Å². The lowest BCUT2D eigenvalue weighted by atomic mass is 9.79. The number of amides is 1. The molecule has 1 aromatic carbocycles. The highest BCUT2D eigenvalue weighted by Gasteiger charge is 2.52. The van der Waals surface area contributed by atoms with Crippen LogP contribution in [-0.4, -0.2) is 47.3 Å². The largest absolute Gasteiger partial charge is 0.393 e. The molecule has 1 saturated heterocycles. The zero-order valence-corrected chi connectivity index (χ0v) is 14.6. The second kappa shape index (κ2) is 7.66. The molecule has 2 fully saturated rings. The van der Waals surface area contributed by atoms with Gasteiger partial charge in [0.05, 0.1) is 17.7 Å². The summed E-state index contributed by atoms with van der Waals surface area (Å²) in [7, 11) is 1.75. The van der Waals surface area contributed by atoms with Crippen LogP contribution in [-0.2, 0) is 16.0 Å². The molecule has 132 valence electrons. The first kappa shape index (κ1) is 17.4. The van der Waals surface area contributed by atoms with Crippen LogP contribution in [0.2, 0.25) is 0 Å². The van der Waals surface area contributed by atoms with Gasteiger partial charge in [-0.05, 0) is 50.5 Å².